The van der Waals surface area contributed by atoms with E-state index in [-0.39, 0.29) is 11.2 Å². The van der Waals surface area contributed by atoms with E-state index >= 15 is 0 Å². The molecule has 0 spiro atoms. The first-order valence-corrected chi connectivity index (χ1v) is 11.2. The molecule has 5 heteroatoms. The fourth-order valence-corrected chi connectivity index (χ4v) is 4.61. The summed E-state index contributed by atoms with van der Waals surface area (Å²) in [5.41, 5.74) is 4.48. The molecule has 0 saturated carbocycles. The lowest BCUT2D eigenvalue weighted by atomic mass is 9.85. The molecule has 4 aromatic rings. The first-order chi connectivity index (χ1) is 16.2. The highest BCUT2D eigenvalue weighted by molar-refractivity contribution is 5.94. The number of benzene rings is 3. The molecule has 0 bridgehead atoms. The van der Waals surface area contributed by atoms with Gasteiger partial charge in [-0.25, -0.2) is 0 Å². The minimum absolute atomic E-state index is 0.132. The van der Waals surface area contributed by atoms with Crippen LogP contribution in [0.25, 0.3) is 22.0 Å². The van der Waals surface area contributed by atoms with Crippen molar-refractivity contribution in [1.82, 2.24) is 4.98 Å². The third-order valence-electron chi connectivity index (χ3n) is 6.45. The maximum Gasteiger partial charge on any atom is 0.249 e. The number of methoxy groups -OCH3 is 1. The Hall–Kier alpha value is -3.41. The molecule has 33 heavy (non-hydrogen) atoms. The van der Waals surface area contributed by atoms with E-state index in [9.17, 15) is 4.79 Å². The van der Waals surface area contributed by atoms with Crippen molar-refractivity contribution in [2.75, 3.05) is 20.3 Å². The summed E-state index contributed by atoms with van der Waals surface area (Å²) < 4.78 is 17.6. The van der Waals surface area contributed by atoms with Crippen molar-refractivity contribution in [3.05, 3.63) is 100 Å². The fourth-order valence-electron chi connectivity index (χ4n) is 4.61. The lowest BCUT2D eigenvalue weighted by Gasteiger charge is -2.36. The van der Waals surface area contributed by atoms with Gasteiger partial charge in [-0.05, 0) is 40.5 Å². The Kier molecular flexibility index (Phi) is 5.99. The maximum absolute atomic E-state index is 12.3. The van der Waals surface area contributed by atoms with Gasteiger partial charge in [-0.1, -0.05) is 48.5 Å². The van der Waals surface area contributed by atoms with Crippen molar-refractivity contribution in [2.45, 2.75) is 25.0 Å². The van der Waals surface area contributed by atoms with Crippen LogP contribution >= 0.6 is 0 Å². The van der Waals surface area contributed by atoms with E-state index in [0.29, 0.717) is 25.6 Å². The number of H-pyrrole nitrogens is 1. The largest absolute Gasteiger partial charge is 0.489 e. The standard InChI is InChI=1S/C28H27NO4/c1-31-28(12-14-32-15-13-28)22-9-5-6-20(16-22)19-33-23-10-11-24-25(21-7-3-2-4-8-21)18-27(30)29-26(24)17-23/h2-11,16-18H,12-15,19H2,1H3,(H,29,30). The highest BCUT2D eigenvalue weighted by Crippen LogP contribution is 2.36. The van der Waals surface area contributed by atoms with Crippen molar-refractivity contribution in [2.24, 2.45) is 0 Å². The van der Waals surface area contributed by atoms with Crippen LogP contribution in [0.1, 0.15) is 24.0 Å². The molecule has 1 fully saturated rings. The number of hydrogen-bond donors (Lipinski definition) is 1. The monoisotopic (exact) mass is 441 g/mol. The third-order valence-corrected chi connectivity index (χ3v) is 6.45. The van der Waals surface area contributed by atoms with Gasteiger partial charge >= 0.3 is 0 Å². The van der Waals surface area contributed by atoms with Gasteiger partial charge in [-0.3, -0.25) is 4.79 Å². The Morgan fingerprint density at radius 1 is 0.939 bits per heavy atom. The van der Waals surface area contributed by atoms with E-state index in [1.165, 1.54) is 0 Å². The summed E-state index contributed by atoms with van der Waals surface area (Å²) in [7, 11) is 1.77. The Labute approximate surface area is 192 Å². The highest BCUT2D eigenvalue weighted by Gasteiger charge is 2.34. The van der Waals surface area contributed by atoms with E-state index in [0.717, 1.165) is 46.0 Å². The second-order valence-electron chi connectivity index (χ2n) is 8.42. The van der Waals surface area contributed by atoms with Crippen LogP contribution in [0.5, 0.6) is 5.75 Å². The predicted molar refractivity (Wildman–Crippen MR) is 130 cm³/mol. The zero-order valence-electron chi connectivity index (χ0n) is 18.7. The lowest BCUT2D eigenvalue weighted by molar-refractivity contribution is -0.0948. The van der Waals surface area contributed by atoms with Crippen LogP contribution in [0.4, 0.5) is 0 Å². The average Bonchev–Trinajstić information content (AvgIpc) is 2.88. The molecule has 1 aliphatic heterocycles. The number of pyridine rings is 1. The lowest BCUT2D eigenvalue weighted by Crippen LogP contribution is -2.35. The molecule has 1 N–H and O–H groups in total. The van der Waals surface area contributed by atoms with Gasteiger partial charge in [0.15, 0.2) is 0 Å². The molecular weight excluding hydrogens is 414 g/mol. The van der Waals surface area contributed by atoms with Crippen molar-refractivity contribution in [1.29, 1.82) is 0 Å². The molecule has 0 aliphatic carbocycles. The number of aromatic amines is 1. The zero-order valence-corrected chi connectivity index (χ0v) is 18.7. The molecule has 5 rings (SSSR count). The summed E-state index contributed by atoms with van der Waals surface area (Å²) in [4.78, 5) is 15.2. The minimum atomic E-state index is -0.301. The van der Waals surface area contributed by atoms with Gasteiger partial charge in [0.1, 0.15) is 12.4 Å². The van der Waals surface area contributed by atoms with E-state index in [4.69, 9.17) is 14.2 Å². The van der Waals surface area contributed by atoms with Crippen LogP contribution in [0.2, 0.25) is 0 Å². The van der Waals surface area contributed by atoms with Gasteiger partial charge in [0.25, 0.3) is 0 Å². The summed E-state index contributed by atoms with van der Waals surface area (Å²) in [5.74, 6) is 0.710. The summed E-state index contributed by atoms with van der Waals surface area (Å²) in [6, 6.07) is 25.8. The average molecular weight is 442 g/mol. The van der Waals surface area contributed by atoms with Gasteiger partial charge < -0.3 is 19.2 Å². The number of aromatic nitrogens is 1. The van der Waals surface area contributed by atoms with Crippen LogP contribution in [0, 0.1) is 0 Å². The first kappa shape index (κ1) is 21.4. The molecule has 0 unspecified atom stereocenters. The van der Waals surface area contributed by atoms with E-state index < -0.39 is 0 Å². The summed E-state index contributed by atoms with van der Waals surface area (Å²) in [5, 5.41) is 0.983. The number of nitrogens with one attached hydrogen (secondary N) is 1. The van der Waals surface area contributed by atoms with Gasteiger partial charge in [0.2, 0.25) is 5.56 Å². The molecule has 1 saturated heterocycles. The molecule has 0 amide bonds. The Balaban J connectivity index is 1.39. The van der Waals surface area contributed by atoms with Crippen molar-refractivity contribution < 1.29 is 14.2 Å². The number of rotatable bonds is 6. The predicted octanol–water partition coefficient (Wildman–Crippen LogP) is 5.43. The van der Waals surface area contributed by atoms with Gasteiger partial charge in [-0.2, -0.15) is 0 Å². The van der Waals surface area contributed by atoms with E-state index in [2.05, 4.69) is 23.2 Å². The number of ether oxygens (including phenoxy) is 3. The molecule has 1 aliphatic rings. The van der Waals surface area contributed by atoms with Gasteiger partial charge in [0, 0.05) is 50.7 Å². The summed E-state index contributed by atoms with van der Waals surface area (Å²) in [6.45, 7) is 1.84. The van der Waals surface area contributed by atoms with Crippen molar-refractivity contribution >= 4 is 10.9 Å². The molecule has 0 radical (unpaired) electrons. The normalized spacial score (nSPS) is 15.4. The summed E-state index contributed by atoms with van der Waals surface area (Å²) in [6.07, 6.45) is 1.69. The van der Waals surface area contributed by atoms with E-state index in [1.807, 2.05) is 54.6 Å². The van der Waals surface area contributed by atoms with Crippen LogP contribution in [0.15, 0.2) is 83.7 Å². The Morgan fingerprint density at radius 2 is 1.76 bits per heavy atom. The second kappa shape index (κ2) is 9.22. The SMILES string of the molecule is COC1(c2cccc(COc3ccc4c(-c5ccccc5)cc(=O)[nH]c4c3)c2)CCOCC1. The van der Waals surface area contributed by atoms with E-state index in [1.54, 1.807) is 13.2 Å². The molecule has 1 aromatic heterocycles. The topological polar surface area (TPSA) is 60.5 Å². The molecule has 3 aromatic carbocycles. The van der Waals surface area contributed by atoms with Crippen LogP contribution < -0.4 is 10.3 Å². The minimum Gasteiger partial charge on any atom is -0.489 e. The van der Waals surface area contributed by atoms with Crippen molar-refractivity contribution in [3.8, 4) is 16.9 Å². The van der Waals surface area contributed by atoms with Gasteiger partial charge in [0.05, 0.1) is 11.1 Å². The van der Waals surface area contributed by atoms with Gasteiger partial charge in [-0.15, -0.1) is 0 Å². The molecule has 168 valence electrons. The third kappa shape index (κ3) is 4.42. The second-order valence-corrected chi connectivity index (χ2v) is 8.42. The zero-order chi connectivity index (χ0) is 22.7. The molecule has 5 nitrogen and oxygen atoms in total. The summed E-state index contributed by atoms with van der Waals surface area (Å²) >= 11 is 0. The van der Waals surface area contributed by atoms with Crippen molar-refractivity contribution in [3.63, 3.8) is 0 Å². The maximum atomic E-state index is 12.3. The number of fused-ring (bicyclic) bond motifs is 1. The quantitative estimate of drug-likeness (QED) is 0.434. The molecular formula is C28H27NO4. The van der Waals surface area contributed by atoms with Crippen LogP contribution in [0.3, 0.4) is 0 Å². The number of hydrogen-bond acceptors (Lipinski definition) is 4. The first-order valence-electron chi connectivity index (χ1n) is 11.2. The molecule has 0 atom stereocenters. The Bertz CT molecular complexity index is 1310. The smallest absolute Gasteiger partial charge is 0.249 e. The molecule has 2 heterocycles. The Morgan fingerprint density at radius 3 is 2.55 bits per heavy atom. The van der Waals surface area contributed by atoms with Crippen LogP contribution in [-0.2, 0) is 21.7 Å². The highest BCUT2D eigenvalue weighted by atomic mass is 16.5. The van der Waals surface area contributed by atoms with Crippen LogP contribution in [-0.4, -0.2) is 25.3 Å². The fraction of sp³-hybridized carbons (Fsp3) is 0.250.